The Morgan fingerprint density at radius 2 is 2.14 bits per heavy atom. The number of carbonyl (C=O) groups excluding carboxylic acids is 1. The Labute approximate surface area is 83.6 Å². The molecule has 1 fully saturated rings. The fraction of sp³-hybridized carbons (Fsp3) is 0.889. The molecule has 0 aromatic rings. The molecule has 0 spiro atoms. The third-order valence-electron chi connectivity index (χ3n) is 2.11. The summed E-state index contributed by atoms with van der Waals surface area (Å²) < 4.78 is 5.04. The highest BCUT2D eigenvalue weighted by Gasteiger charge is 2.38. The molecule has 4 N–H and O–H groups in total. The van der Waals surface area contributed by atoms with Crippen molar-refractivity contribution in [3.05, 3.63) is 0 Å². The van der Waals surface area contributed by atoms with E-state index in [0.717, 1.165) is 0 Å². The molecule has 0 aromatic heterocycles. The minimum Gasteiger partial charge on any atom is -0.444 e. The summed E-state index contributed by atoms with van der Waals surface area (Å²) in [5.41, 5.74) is 5.05. The molecule has 1 amide bonds. The van der Waals surface area contributed by atoms with Crippen molar-refractivity contribution in [2.75, 3.05) is 0 Å². The van der Waals surface area contributed by atoms with Crippen molar-refractivity contribution in [2.24, 2.45) is 5.73 Å². The van der Waals surface area contributed by atoms with Crippen LogP contribution in [-0.4, -0.2) is 35.0 Å². The third kappa shape index (κ3) is 2.85. The van der Waals surface area contributed by atoms with Crippen LogP contribution in [0.15, 0.2) is 0 Å². The summed E-state index contributed by atoms with van der Waals surface area (Å²) in [6, 6.07) is -0.539. The quantitative estimate of drug-likeness (QED) is 0.557. The number of nitrogens with two attached hydrogens (primary N) is 1. The van der Waals surface area contributed by atoms with E-state index in [1.807, 2.05) is 0 Å². The second-order valence-corrected chi connectivity index (χ2v) is 4.63. The molecule has 0 unspecified atom stereocenters. The fourth-order valence-corrected chi connectivity index (χ4v) is 1.26. The van der Waals surface area contributed by atoms with Crippen LogP contribution in [0.5, 0.6) is 0 Å². The number of carbonyl (C=O) groups is 1. The van der Waals surface area contributed by atoms with Gasteiger partial charge in [-0.05, 0) is 27.2 Å². The molecular weight excluding hydrogens is 184 g/mol. The Bertz CT molecular complexity index is 225. The lowest BCUT2D eigenvalue weighted by atomic mass is 9.84. The van der Waals surface area contributed by atoms with E-state index in [4.69, 9.17) is 15.6 Å². The SMILES string of the molecule is CC(C)(C)OC(=O)N[C@H]1C[C@H](O)[C@H]1N. The van der Waals surface area contributed by atoms with Crippen LogP contribution in [0.2, 0.25) is 0 Å². The predicted octanol–water partition coefficient (Wildman–Crippen LogP) is -0.0284. The van der Waals surface area contributed by atoms with E-state index in [1.165, 1.54) is 0 Å². The van der Waals surface area contributed by atoms with Crippen molar-refractivity contribution >= 4 is 6.09 Å². The van der Waals surface area contributed by atoms with Crippen LogP contribution in [0.25, 0.3) is 0 Å². The lowest BCUT2D eigenvalue weighted by Crippen LogP contribution is -2.63. The van der Waals surface area contributed by atoms with Gasteiger partial charge in [0.05, 0.1) is 18.2 Å². The summed E-state index contributed by atoms with van der Waals surface area (Å²) in [7, 11) is 0. The largest absolute Gasteiger partial charge is 0.444 e. The lowest BCUT2D eigenvalue weighted by Gasteiger charge is -2.39. The van der Waals surface area contributed by atoms with Crippen molar-refractivity contribution in [3.8, 4) is 0 Å². The number of hydrogen-bond acceptors (Lipinski definition) is 4. The Morgan fingerprint density at radius 1 is 1.57 bits per heavy atom. The Balaban J connectivity index is 2.29. The normalized spacial score (nSPS) is 31.9. The van der Waals surface area contributed by atoms with Gasteiger partial charge in [-0.3, -0.25) is 0 Å². The van der Waals surface area contributed by atoms with Crippen LogP contribution in [0, 0.1) is 0 Å². The number of hydrogen-bond donors (Lipinski definition) is 3. The molecule has 0 saturated heterocycles. The maximum atomic E-state index is 11.2. The highest BCUT2D eigenvalue weighted by molar-refractivity contribution is 5.68. The van der Waals surface area contributed by atoms with Crippen molar-refractivity contribution in [1.29, 1.82) is 0 Å². The van der Waals surface area contributed by atoms with Gasteiger partial charge in [-0.1, -0.05) is 0 Å². The summed E-state index contributed by atoms with van der Waals surface area (Å²) >= 11 is 0. The summed E-state index contributed by atoms with van der Waals surface area (Å²) in [6.45, 7) is 5.38. The number of rotatable bonds is 1. The van der Waals surface area contributed by atoms with Gasteiger partial charge in [0.25, 0.3) is 0 Å². The van der Waals surface area contributed by atoms with Crippen LogP contribution in [0.3, 0.4) is 0 Å². The first kappa shape index (κ1) is 11.3. The summed E-state index contributed by atoms with van der Waals surface area (Å²) in [5, 5.41) is 11.7. The van der Waals surface area contributed by atoms with Gasteiger partial charge in [-0.25, -0.2) is 4.79 Å². The first-order valence-electron chi connectivity index (χ1n) is 4.73. The second kappa shape index (κ2) is 3.74. The van der Waals surface area contributed by atoms with Gasteiger partial charge in [0.1, 0.15) is 5.60 Å². The molecule has 0 aliphatic heterocycles. The van der Waals surface area contributed by atoms with Crippen LogP contribution >= 0.6 is 0 Å². The van der Waals surface area contributed by atoms with Crippen molar-refractivity contribution in [2.45, 2.75) is 51.0 Å². The Kier molecular flexibility index (Phi) is 3.01. The van der Waals surface area contributed by atoms with Gasteiger partial charge in [0, 0.05) is 0 Å². The molecule has 0 bridgehead atoms. The van der Waals surface area contributed by atoms with Gasteiger partial charge in [0.15, 0.2) is 0 Å². The maximum absolute atomic E-state index is 11.2. The smallest absolute Gasteiger partial charge is 0.407 e. The molecule has 1 rings (SSSR count). The van der Waals surface area contributed by atoms with E-state index in [9.17, 15) is 4.79 Å². The van der Waals surface area contributed by atoms with Gasteiger partial charge in [-0.2, -0.15) is 0 Å². The van der Waals surface area contributed by atoms with Gasteiger partial charge < -0.3 is 20.9 Å². The molecule has 0 aromatic carbocycles. The highest BCUT2D eigenvalue weighted by atomic mass is 16.6. The minimum atomic E-state index is -0.505. The highest BCUT2D eigenvalue weighted by Crippen LogP contribution is 2.19. The van der Waals surface area contributed by atoms with Crippen molar-refractivity contribution in [1.82, 2.24) is 5.32 Å². The molecule has 0 radical (unpaired) electrons. The molecule has 1 aliphatic carbocycles. The molecule has 3 atom stereocenters. The van der Waals surface area contributed by atoms with Gasteiger partial charge in [0.2, 0.25) is 0 Å². The topological polar surface area (TPSA) is 84.6 Å². The van der Waals surface area contributed by atoms with E-state index >= 15 is 0 Å². The lowest BCUT2D eigenvalue weighted by molar-refractivity contribution is 0.0175. The summed E-state index contributed by atoms with van der Waals surface area (Å²) in [4.78, 5) is 11.2. The zero-order valence-corrected chi connectivity index (χ0v) is 8.78. The van der Waals surface area contributed by atoms with Gasteiger partial charge >= 0.3 is 6.09 Å². The number of nitrogens with one attached hydrogen (secondary N) is 1. The third-order valence-corrected chi connectivity index (χ3v) is 2.11. The number of amides is 1. The van der Waals surface area contributed by atoms with Crippen molar-refractivity contribution in [3.63, 3.8) is 0 Å². The Morgan fingerprint density at radius 3 is 2.50 bits per heavy atom. The first-order valence-corrected chi connectivity index (χ1v) is 4.73. The first-order chi connectivity index (χ1) is 6.29. The number of alkyl carbamates (subject to hydrolysis) is 1. The molecular formula is C9H18N2O3. The van der Waals surface area contributed by atoms with E-state index < -0.39 is 17.8 Å². The zero-order valence-electron chi connectivity index (χ0n) is 8.78. The number of aliphatic hydroxyl groups excluding tert-OH is 1. The van der Waals surface area contributed by atoms with Crippen molar-refractivity contribution < 1.29 is 14.6 Å². The zero-order chi connectivity index (χ0) is 10.9. The molecule has 1 aliphatic rings. The standard InChI is InChI=1S/C9H18N2O3/c1-9(2,3)14-8(13)11-5-4-6(12)7(5)10/h5-7,12H,4,10H2,1-3H3,(H,11,13)/t5-,6-,7-/m0/s1. The van der Waals surface area contributed by atoms with Crippen LogP contribution in [-0.2, 0) is 4.74 Å². The monoisotopic (exact) mass is 202 g/mol. The number of ether oxygens (including phenoxy) is 1. The maximum Gasteiger partial charge on any atom is 0.407 e. The number of aliphatic hydroxyl groups is 1. The summed E-state index contributed by atoms with van der Waals surface area (Å²) in [6.07, 6.45) is -0.486. The van der Waals surface area contributed by atoms with Crippen LogP contribution in [0.1, 0.15) is 27.2 Å². The molecule has 1 saturated carbocycles. The molecule has 82 valence electrons. The van der Waals surface area contributed by atoms with E-state index in [0.29, 0.717) is 6.42 Å². The molecule has 14 heavy (non-hydrogen) atoms. The van der Waals surface area contributed by atoms with E-state index in [1.54, 1.807) is 20.8 Å². The minimum absolute atomic E-state index is 0.167. The predicted molar refractivity (Wildman–Crippen MR) is 51.8 cm³/mol. The van der Waals surface area contributed by atoms with Gasteiger partial charge in [-0.15, -0.1) is 0 Å². The van der Waals surface area contributed by atoms with E-state index in [-0.39, 0.29) is 12.1 Å². The van der Waals surface area contributed by atoms with E-state index in [2.05, 4.69) is 5.32 Å². The average molecular weight is 202 g/mol. The molecule has 5 heteroatoms. The summed E-state index contributed by atoms with van der Waals surface area (Å²) in [5.74, 6) is 0. The average Bonchev–Trinajstić information content (AvgIpc) is 2.00. The molecule has 5 nitrogen and oxygen atoms in total. The molecule has 0 heterocycles. The Hall–Kier alpha value is -0.810. The fourth-order valence-electron chi connectivity index (χ4n) is 1.26. The second-order valence-electron chi connectivity index (χ2n) is 4.63. The van der Waals surface area contributed by atoms with Crippen LogP contribution < -0.4 is 11.1 Å². The van der Waals surface area contributed by atoms with Crippen LogP contribution in [0.4, 0.5) is 4.79 Å².